The second-order valence-corrected chi connectivity index (χ2v) is 7.72. The number of carbonyl (C=O) groups is 1. The monoisotopic (exact) mass is 452 g/mol. The van der Waals surface area contributed by atoms with Crippen molar-refractivity contribution in [3.8, 4) is 5.69 Å². The Balaban J connectivity index is 2.14. The zero-order valence-electron chi connectivity index (χ0n) is 16.0. The molecule has 1 aliphatic heterocycles. The average Bonchev–Trinajstić information content (AvgIpc) is 2.70. The standard InChI is InChI=1S/C20H16ClF3N4O3/c1-7-14(26)6-27(7)18-12(24)2-8-17(16(18)21)28(5-9(19(8)29)20(30)31)15-4-13(25)10(22)3-11(15)23/h2-5,7,14H,6,25-26H2,1H3,(H,30,31)/t7-,14+/m0/s1. The third-order valence-corrected chi connectivity index (χ3v) is 5.88. The van der Waals surface area contributed by atoms with Crippen LogP contribution in [0.15, 0.2) is 29.2 Å². The predicted molar refractivity (Wildman–Crippen MR) is 111 cm³/mol. The van der Waals surface area contributed by atoms with Crippen molar-refractivity contribution < 1.29 is 23.1 Å². The van der Waals surface area contributed by atoms with Crippen LogP contribution in [0.5, 0.6) is 0 Å². The van der Waals surface area contributed by atoms with Crippen molar-refractivity contribution in [2.45, 2.75) is 19.0 Å². The number of halogens is 4. The van der Waals surface area contributed by atoms with Gasteiger partial charge in [-0.3, -0.25) is 4.79 Å². The summed E-state index contributed by atoms with van der Waals surface area (Å²) >= 11 is 6.49. The first-order chi connectivity index (χ1) is 14.5. The quantitative estimate of drug-likeness (QED) is 0.526. The van der Waals surface area contributed by atoms with Crippen molar-refractivity contribution in [1.29, 1.82) is 0 Å². The molecule has 4 rings (SSSR count). The first-order valence-corrected chi connectivity index (χ1v) is 9.48. The lowest BCUT2D eigenvalue weighted by Crippen LogP contribution is -2.63. The van der Waals surface area contributed by atoms with E-state index in [4.69, 9.17) is 23.1 Å². The van der Waals surface area contributed by atoms with Crippen molar-refractivity contribution in [3.63, 3.8) is 0 Å². The summed E-state index contributed by atoms with van der Waals surface area (Å²) < 4.78 is 44.3. The maximum absolute atomic E-state index is 15.0. The zero-order valence-corrected chi connectivity index (χ0v) is 16.8. The minimum Gasteiger partial charge on any atom is -0.477 e. The van der Waals surface area contributed by atoms with Gasteiger partial charge in [-0.1, -0.05) is 11.6 Å². The summed E-state index contributed by atoms with van der Waals surface area (Å²) in [7, 11) is 0. The number of nitrogens with zero attached hydrogens (tertiary/aromatic N) is 2. The highest BCUT2D eigenvalue weighted by atomic mass is 35.5. The summed E-state index contributed by atoms with van der Waals surface area (Å²) in [6, 6.07) is 1.81. The van der Waals surface area contributed by atoms with E-state index >= 15 is 0 Å². The summed E-state index contributed by atoms with van der Waals surface area (Å²) in [6.45, 7) is 2.05. The van der Waals surface area contributed by atoms with Crippen LogP contribution in [0.25, 0.3) is 16.6 Å². The number of fused-ring (bicyclic) bond motifs is 1. The molecule has 2 atom stereocenters. The molecule has 1 fully saturated rings. The van der Waals surface area contributed by atoms with Gasteiger partial charge >= 0.3 is 5.97 Å². The fourth-order valence-electron chi connectivity index (χ4n) is 3.68. The van der Waals surface area contributed by atoms with Crippen LogP contribution in [0.3, 0.4) is 0 Å². The number of rotatable bonds is 3. The summed E-state index contributed by atoms with van der Waals surface area (Å²) in [5.74, 6) is -4.58. The molecule has 0 spiro atoms. The number of benzene rings is 2. The molecule has 31 heavy (non-hydrogen) atoms. The highest BCUT2D eigenvalue weighted by Crippen LogP contribution is 2.40. The third-order valence-electron chi connectivity index (χ3n) is 5.52. The van der Waals surface area contributed by atoms with Gasteiger partial charge in [0.2, 0.25) is 5.43 Å². The Labute approximate surface area is 178 Å². The van der Waals surface area contributed by atoms with Crippen LogP contribution in [0.4, 0.5) is 24.5 Å². The highest BCUT2D eigenvalue weighted by molar-refractivity contribution is 6.38. The predicted octanol–water partition coefficient (Wildman–Crippen LogP) is 2.88. The van der Waals surface area contributed by atoms with Crippen LogP contribution in [0.2, 0.25) is 5.02 Å². The Hall–Kier alpha value is -3.24. The smallest absolute Gasteiger partial charge is 0.341 e. The molecule has 0 saturated carbocycles. The van der Waals surface area contributed by atoms with E-state index in [1.165, 1.54) is 0 Å². The van der Waals surface area contributed by atoms with Gasteiger partial charge in [0.05, 0.1) is 33.0 Å². The summed E-state index contributed by atoms with van der Waals surface area (Å²) in [5, 5.41) is 8.79. The van der Waals surface area contributed by atoms with Crippen molar-refractivity contribution >= 4 is 39.8 Å². The molecule has 5 N–H and O–H groups in total. The van der Waals surface area contributed by atoms with Crippen LogP contribution in [0, 0.1) is 17.5 Å². The van der Waals surface area contributed by atoms with Crippen molar-refractivity contribution in [1.82, 2.24) is 4.57 Å². The molecule has 1 aromatic heterocycles. The molecule has 162 valence electrons. The summed E-state index contributed by atoms with van der Waals surface area (Å²) in [4.78, 5) is 25.9. The fraction of sp³-hybridized carbons (Fsp3) is 0.200. The molecular formula is C20H16ClF3N4O3. The maximum Gasteiger partial charge on any atom is 0.341 e. The zero-order chi connectivity index (χ0) is 22.8. The van der Waals surface area contributed by atoms with Gasteiger partial charge in [0.15, 0.2) is 0 Å². The number of nitrogens with two attached hydrogens (primary N) is 2. The van der Waals surface area contributed by atoms with Gasteiger partial charge in [-0.15, -0.1) is 0 Å². The van der Waals surface area contributed by atoms with Gasteiger partial charge in [-0.05, 0) is 19.1 Å². The molecule has 0 amide bonds. The molecule has 0 unspecified atom stereocenters. The highest BCUT2D eigenvalue weighted by Gasteiger charge is 2.36. The second kappa shape index (κ2) is 7.17. The van der Waals surface area contributed by atoms with E-state index in [0.29, 0.717) is 12.6 Å². The normalized spacial score (nSPS) is 18.3. The maximum atomic E-state index is 15.0. The second-order valence-electron chi connectivity index (χ2n) is 7.35. The van der Waals surface area contributed by atoms with Crippen molar-refractivity contribution in [3.05, 3.63) is 62.7 Å². The van der Waals surface area contributed by atoms with Crippen LogP contribution >= 0.6 is 11.6 Å². The van der Waals surface area contributed by atoms with Crippen LogP contribution in [-0.2, 0) is 0 Å². The number of carboxylic acid groups (broad SMARTS) is 1. The number of pyridine rings is 1. The minimum atomic E-state index is -1.61. The number of nitrogen functional groups attached to an aromatic ring is 1. The van der Waals surface area contributed by atoms with Gasteiger partial charge in [-0.25, -0.2) is 18.0 Å². The van der Waals surface area contributed by atoms with Crippen LogP contribution in [0.1, 0.15) is 17.3 Å². The number of anilines is 2. The molecule has 1 saturated heterocycles. The summed E-state index contributed by atoms with van der Waals surface area (Å²) in [6.07, 6.45) is 0.849. The van der Waals surface area contributed by atoms with Gasteiger partial charge in [0, 0.05) is 30.9 Å². The average molecular weight is 453 g/mol. The Morgan fingerprint density at radius 1 is 1.19 bits per heavy atom. The molecule has 1 aliphatic rings. The first-order valence-electron chi connectivity index (χ1n) is 9.10. The number of hydrogen-bond donors (Lipinski definition) is 3. The van der Waals surface area contributed by atoms with Crippen molar-refractivity contribution in [2.24, 2.45) is 5.73 Å². The molecule has 3 aromatic rings. The van der Waals surface area contributed by atoms with Gasteiger partial charge in [0.25, 0.3) is 0 Å². The van der Waals surface area contributed by atoms with E-state index in [2.05, 4.69) is 0 Å². The lowest BCUT2D eigenvalue weighted by atomic mass is 9.97. The number of aromatic carboxylic acids is 1. The molecule has 2 heterocycles. The van der Waals surface area contributed by atoms with E-state index in [1.54, 1.807) is 11.8 Å². The Bertz CT molecular complexity index is 1330. The topological polar surface area (TPSA) is 115 Å². The van der Waals surface area contributed by atoms with E-state index in [0.717, 1.165) is 22.9 Å². The van der Waals surface area contributed by atoms with Gasteiger partial charge < -0.3 is 26.0 Å². The summed E-state index contributed by atoms with van der Waals surface area (Å²) in [5.41, 5.74) is 8.70. The lowest BCUT2D eigenvalue weighted by Gasteiger charge is -2.46. The number of aromatic nitrogens is 1. The van der Waals surface area contributed by atoms with E-state index < -0.39 is 40.1 Å². The van der Waals surface area contributed by atoms with Crippen LogP contribution < -0.4 is 21.8 Å². The molecule has 0 aliphatic carbocycles. The molecule has 7 nitrogen and oxygen atoms in total. The van der Waals surface area contributed by atoms with E-state index in [-0.39, 0.29) is 39.4 Å². The minimum absolute atomic E-state index is 0.0601. The van der Waals surface area contributed by atoms with Crippen molar-refractivity contribution in [2.75, 3.05) is 17.2 Å². The Morgan fingerprint density at radius 3 is 2.45 bits per heavy atom. The molecule has 11 heteroatoms. The Kier molecular flexibility index (Phi) is 4.86. The molecule has 0 bridgehead atoms. The van der Waals surface area contributed by atoms with Gasteiger partial charge in [0.1, 0.15) is 23.0 Å². The third kappa shape index (κ3) is 3.10. The first kappa shape index (κ1) is 21.0. The van der Waals surface area contributed by atoms with Gasteiger partial charge in [-0.2, -0.15) is 0 Å². The Morgan fingerprint density at radius 2 is 1.87 bits per heavy atom. The number of carboxylic acids is 1. The van der Waals surface area contributed by atoms with Crippen LogP contribution in [-0.4, -0.2) is 34.3 Å². The molecular weight excluding hydrogens is 437 g/mol. The SMILES string of the molecule is C[C@H]1[C@H](N)CN1c1c(F)cc2c(=O)c(C(=O)O)cn(-c3cc(N)c(F)cc3F)c2c1Cl. The van der Waals surface area contributed by atoms with E-state index in [9.17, 15) is 27.9 Å². The largest absolute Gasteiger partial charge is 0.477 e. The number of hydrogen-bond acceptors (Lipinski definition) is 5. The fourth-order valence-corrected chi connectivity index (χ4v) is 4.07. The molecule has 2 aromatic carbocycles. The van der Waals surface area contributed by atoms with E-state index in [1.807, 2.05) is 0 Å². The molecule has 0 radical (unpaired) electrons. The lowest BCUT2D eigenvalue weighted by molar-refractivity contribution is 0.0695.